The molecule has 0 aromatic rings. The minimum absolute atomic E-state index is 0.467. The van der Waals surface area contributed by atoms with Crippen molar-refractivity contribution in [3.63, 3.8) is 0 Å². The Hall–Kier alpha value is 0.177. The third kappa shape index (κ3) is 6.69. The lowest BCUT2D eigenvalue weighted by Crippen LogP contribution is -2.52. The molecule has 16 heavy (non-hydrogen) atoms. The standard InChI is InChI=1S/C14H33NSi/c1-7-8-9-10-11-12-13-15-16(5,6)14(2,3)4/h15H,7-13H2,1-6H3. The van der Waals surface area contributed by atoms with E-state index in [9.17, 15) is 0 Å². The molecule has 0 saturated carbocycles. The summed E-state index contributed by atoms with van der Waals surface area (Å²) in [5.41, 5.74) is 0. The maximum Gasteiger partial charge on any atom is 0.124 e. The molecule has 0 atom stereocenters. The molecule has 2 heteroatoms. The van der Waals surface area contributed by atoms with Crippen molar-refractivity contribution in [3.8, 4) is 0 Å². The second-order valence-electron chi connectivity index (χ2n) is 6.57. The first-order valence-electron chi connectivity index (χ1n) is 7.06. The van der Waals surface area contributed by atoms with Crippen molar-refractivity contribution in [3.05, 3.63) is 0 Å². The predicted octanol–water partition coefficient (Wildman–Crippen LogP) is 4.94. The Kier molecular flexibility index (Phi) is 7.58. The molecule has 0 amide bonds. The minimum atomic E-state index is -1.23. The summed E-state index contributed by atoms with van der Waals surface area (Å²) < 4.78 is 0. The van der Waals surface area contributed by atoms with Gasteiger partial charge in [0, 0.05) is 0 Å². The smallest absolute Gasteiger partial charge is 0.124 e. The van der Waals surface area contributed by atoms with E-state index >= 15 is 0 Å². The first-order valence-corrected chi connectivity index (χ1v) is 10.1. The summed E-state index contributed by atoms with van der Waals surface area (Å²) in [5, 5.41) is 0.467. The Bertz CT molecular complexity index is 170. The van der Waals surface area contributed by atoms with Crippen molar-refractivity contribution >= 4 is 8.24 Å². The van der Waals surface area contributed by atoms with Crippen molar-refractivity contribution in [1.82, 2.24) is 4.98 Å². The van der Waals surface area contributed by atoms with E-state index < -0.39 is 8.24 Å². The molecule has 0 heterocycles. The highest BCUT2D eigenvalue weighted by Crippen LogP contribution is 2.33. The topological polar surface area (TPSA) is 12.0 Å². The van der Waals surface area contributed by atoms with Crippen molar-refractivity contribution in [2.75, 3.05) is 6.54 Å². The summed E-state index contributed by atoms with van der Waals surface area (Å²) in [6.45, 7) is 15.5. The molecule has 0 unspecified atom stereocenters. The van der Waals surface area contributed by atoms with Gasteiger partial charge in [-0.05, 0) is 18.0 Å². The van der Waals surface area contributed by atoms with Crippen LogP contribution >= 0.6 is 0 Å². The Balaban J connectivity index is 3.51. The van der Waals surface area contributed by atoms with Crippen molar-refractivity contribution in [1.29, 1.82) is 0 Å². The molecule has 0 bridgehead atoms. The van der Waals surface area contributed by atoms with E-state index in [1.807, 2.05) is 0 Å². The van der Waals surface area contributed by atoms with Crippen LogP contribution in [0.25, 0.3) is 0 Å². The molecule has 1 N–H and O–H groups in total. The van der Waals surface area contributed by atoms with Crippen molar-refractivity contribution < 1.29 is 0 Å². The fourth-order valence-corrected chi connectivity index (χ4v) is 2.90. The molecule has 0 fully saturated rings. The minimum Gasteiger partial charge on any atom is -0.337 e. The van der Waals surface area contributed by atoms with E-state index in [0.29, 0.717) is 5.04 Å². The highest BCUT2D eigenvalue weighted by Gasteiger charge is 2.34. The zero-order chi connectivity index (χ0) is 12.7. The second-order valence-corrected chi connectivity index (χ2v) is 11.7. The number of unbranched alkanes of at least 4 members (excludes halogenated alkanes) is 5. The molecule has 98 valence electrons. The number of hydrogen-bond acceptors (Lipinski definition) is 1. The van der Waals surface area contributed by atoms with Crippen LogP contribution in [-0.2, 0) is 0 Å². The molecule has 0 saturated heterocycles. The third-order valence-corrected chi connectivity index (χ3v) is 8.86. The van der Waals surface area contributed by atoms with Crippen LogP contribution in [0.3, 0.4) is 0 Å². The molecule has 0 aliphatic carbocycles. The highest BCUT2D eigenvalue weighted by molar-refractivity contribution is 6.77. The largest absolute Gasteiger partial charge is 0.337 e. The highest BCUT2D eigenvalue weighted by atomic mass is 28.3. The number of nitrogens with one attached hydrogen (secondary N) is 1. The van der Waals surface area contributed by atoms with Crippen LogP contribution in [-0.4, -0.2) is 14.8 Å². The molecule has 0 aliphatic heterocycles. The zero-order valence-electron chi connectivity index (χ0n) is 12.4. The molecule has 0 aliphatic rings. The third-order valence-electron chi connectivity index (χ3n) is 3.97. The monoisotopic (exact) mass is 243 g/mol. The molecule has 0 aromatic heterocycles. The van der Waals surface area contributed by atoms with Gasteiger partial charge >= 0.3 is 0 Å². The van der Waals surface area contributed by atoms with E-state index in [1.165, 1.54) is 45.1 Å². The molecule has 1 nitrogen and oxygen atoms in total. The average molecular weight is 244 g/mol. The lowest BCUT2D eigenvalue weighted by Gasteiger charge is -2.37. The first kappa shape index (κ1) is 16.2. The maximum atomic E-state index is 3.83. The van der Waals surface area contributed by atoms with Gasteiger partial charge in [0.05, 0.1) is 0 Å². The van der Waals surface area contributed by atoms with E-state index in [-0.39, 0.29) is 0 Å². The summed E-state index contributed by atoms with van der Waals surface area (Å²) in [6, 6.07) is 0. The average Bonchev–Trinajstić information content (AvgIpc) is 2.14. The van der Waals surface area contributed by atoms with Crippen molar-refractivity contribution in [2.24, 2.45) is 0 Å². The van der Waals surface area contributed by atoms with Gasteiger partial charge in [-0.2, -0.15) is 0 Å². The number of rotatable bonds is 8. The van der Waals surface area contributed by atoms with Gasteiger partial charge in [0.1, 0.15) is 8.24 Å². The van der Waals surface area contributed by atoms with Crippen LogP contribution in [0.5, 0.6) is 0 Å². The molecule has 0 radical (unpaired) electrons. The predicted molar refractivity (Wildman–Crippen MR) is 78.6 cm³/mol. The fraction of sp³-hybridized carbons (Fsp3) is 1.00. The van der Waals surface area contributed by atoms with E-state index in [2.05, 4.69) is 45.8 Å². The molecule has 0 aromatic carbocycles. The molecular weight excluding hydrogens is 210 g/mol. The fourth-order valence-electron chi connectivity index (χ4n) is 1.57. The van der Waals surface area contributed by atoms with Crippen LogP contribution in [0.1, 0.15) is 66.2 Å². The van der Waals surface area contributed by atoms with E-state index in [0.717, 1.165) is 0 Å². The van der Waals surface area contributed by atoms with Crippen LogP contribution in [0.15, 0.2) is 0 Å². The van der Waals surface area contributed by atoms with Crippen molar-refractivity contribution in [2.45, 2.75) is 84.4 Å². The van der Waals surface area contributed by atoms with E-state index in [1.54, 1.807) is 0 Å². The van der Waals surface area contributed by atoms with Gasteiger partial charge in [0.2, 0.25) is 0 Å². The SMILES string of the molecule is CCCCCCCCN[Si](C)(C)C(C)(C)C. The Labute approximate surface area is 104 Å². The van der Waals surface area contributed by atoms with Gasteiger partial charge in [-0.3, -0.25) is 0 Å². The number of hydrogen-bond donors (Lipinski definition) is 1. The van der Waals surface area contributed by atoms with E-state index in [4.69, 9.17) is 0 Å². The maximum absolute atomic E-state index is 3.83. The molecular formula is C14H33NSi. The summed E-state index contributed by atoms with van der Waals surface area (Å²) in [7, 11) is -1.23. The summed E-state index contributed by atoms with van der Waals surface area (Å²) in [4.78, 5) is 3.83. The Morgan fingerprint density at radius 1 is 0.875 bits per heavy atom. The molecule has 0 rings (SSSR count). The summed E-state index contributed by atoms with van der Waals surface area (Å²) in [5.74, 6) is 0. The van der Waals surface area contributed by atoms with Gasteiger partial charge in [-0.15, -0.1) is 0 Å². The molecule has 0 spiro atoms. The summed E-state index contributed by atoms with van der Waals surface area (Å²) >= 11 is 0. The van der Waals surface area contributed by atoms with Crippen LogP contribution in [0.2, 0.25) is 18.1 Å². The van der Waals surface area contributed by atoms with Gasteiger partial charge in [-0.25, -0.2) is 0 Å². The van der Waals surface area contributed by atoms with Crippen LogP contribution in [0, 0.1) is 0 Å². The van der Waals surface area contributed by atoms with Gasteiger partial charge < -0.3 is 4.98 Å². The Morgan fingerprint density at radius 3 is 1.88 bits per heavy atom. The van der Waals surface area contributed by atoms with Gasteiger partial charge in [0.25, 0.3) is 0 Å². The lowest BCUT2D eigenvalue weighted by atomic mass is 10.1. The quantitative estimate of drug-likeness (QED) is 0.470. The summed E-state index contributed by atoms with van der Waals surface area (Å²) in [6.07, 6.45) is 8.37. The van der Waals surface area contributed by atoms with Gasteiger partial charge in [-0.1, -0.05) is 72.9 Å². The first-order chi connectivity index (χ1) is 7.31. The van der Waals surface area contributed by atoms with Crippen LogP contribution < -0.4 is 4.98 Å². The second kappa shape index (κ2) is 7.49. The lowest BCUT2D eigenvalue weighted by molar-refractivity contribution is 0.594. The van der Waals surface area contributed by atoms with Gasteiger partial charge in [0.15, 0.2) is 0 Å². The Morgan fingerprint density at radius 2 is 1.38 bits per heavy atom. The normalized spacial score (nSPS) is 13.1. The van der Waals surface area contributed by atoms with Crippen LogP contribution in [0.4, 0.5) is 0 Å². The zero-order valence-corrected chi connectivity index (χ0v) is 13.4.